The molecule has 60 valence electrons. The van der Waals surface area contributed by atoms with E-state index < -0.39 is 11.6 Å². The Balaban J connectivity index is 3.21. The summed E-state index contributed by atoms with van der Waals surface area (Å²) in [5.74, 6) is -0.875. The molecule has 0 fully saturated rings. The Morgan fingerprint density at radius 1 is 1.27 bits per heavy atom. The average Bonchev–Trinajstić information content (AvgIpc) is 1.97. The molecule has 0 saturated carbocycles. The summed E-state index contributed by atoms with van der Waals surface area (Å²) in [5, 5.41) is 2.78. The third kappa shape index (κ3) is 1.66. The summed E-state index contributed by atoms with van der Waals surface area (Å²) in [4.78, 5) is 0. The van der Waals surface area contributed by atoms with Gasteiger partial charge in [-0.15, -0.1) is 9.24 Å². The molecule has 0 heterocycles. The molecule has 0 amide bonds. The fourth-order valence-electron chi connectivity index (χ4n) is 0.754. The lowest BCUT2D eigenvalue weighted by atomic mass is 10.3. The fourth-order valence-corrected chi connectivity index (χ4v) is 0.983. The van der Waals surface area contributed by atoms with Gasteiger partial charge in [0.05, 0.1) is 5.69 Å². The highest BCUT2D eigenvalue weighted by molar-refractivity contribution is 7.27. The Hall–Kier alpha value is -0.690. The van der Waals surface area contributed by atoms with E-state index in [-0.39, 0.29) is 11.0 Å². The van der Waals surface area contributed by atoms with Gasteiger partial charge in [0.1, 0.15) is 11.6 Å². The first-order valence-corrected chi connectivity index (χ1v) is 3.65. The largest absolute Gasteiger partial charge is 0.386 e. The van der Waals surface area contributed by atoms with Crippen LogP contribution in [0.5, 0.6) is 0 Å². The van der Waals surface area contributed by atoms with Gasteiger partial charge in [0.15, 0.2) is 0 Å². The van der Waals surface area contributed by atoms with Crippen molar-refractivity contribution in [3.05, 3.63) is 23.8 Å². The van der Waals surface area contributed by atoms with Crippen LogP contribution in [-0.2, 0) is 0 Å². The number of hydrogen-bond acceptors (Lipinski definition) is 1. The molecule has 1 aromatic carbocycles. The molecule has 1 rings (SSSR count). The van der Waals surface area contributed by atoms with E-state index in [1.807, 2.05) is 0 Å². The second kappa shape index (κ2) is 3.14. The number of benzene rings is 1. The van der Waals surface area contributed by atoms with Crippen LogP contribution in [0.15, 0.2) is 12.1 Å². The summed E-state index contributed by atoms with van der Waals surface area (Å²) < 4.78 is 25.5. The van der Waals surface area contributed by atoms with E-state index in [0.29, 0.717) is 0 Å². The maximum Gasteiger partial charge on any atom is 0.147 e. The van der Waals surface area contributed by atoms with Gasteiger partial charge in [0.2, 0.25) is 0 Å². The van der Waals surface area contributed by atoms with Gasteiger partial charge in [0.25, 0.3) is 0 Å². The summed E-state index contributed by atoms with van der Waals surface area (Å²) in [6, 6.07) is 2.25. The van der Waals surface area contributed by atoms with Crippen LogP contribution >= 0.6 is 9.24 Å². The average molecular weight is 175 g/mol. The first kappa shape index (κ1) is 8.41. The molecule has 0 saturated heterocycles. The van der Waals surface area contributed by atoms with Crippen LogP contribution in [0.2, 0.25) is 0 Å². The van der Waals surface area contributed by atoms with Gasteiger partial charge in [-0.3, -0.25) is 0 Å². The minimum Gasteiger partial charge on any atom is -0.386 e. The van der Waals surface area contributed by atoms with E-state index in [9.17, 15) is 8.78 Å². The van der Waals surface area contributed by atoms with Crippen molar-refractivity contribution in [1.29, 1.82) is 0 Å². The lowest BCUT2D eigenvalue weighted by Gasteiger charge is -2.03. The molecule has 1 N–H and O–H groups in total. The zero-order chi connectivity index (χ0) is 8.43. The summed E-state index contributed by atoms with van der Waals surface area (Å²) in [7, 11) is 3.66. The van der Waals surface area contributed by atoms with Crippen molar-refractivity contribution in [2.75, 3.05) is 12.4 Å². The third-order valence-corrected chi connectivity index (χ3v) is 1.80. The van der Waals surface area contributed by atoms with Gasteiger partial charge in [-0.05, 0) is 6.07 Å². The number of anilines is 1. The molecule has 11 heavy (non-hydrogen) atoms. The second-order valence-electron chi connectivity index (χ2n) is 2.10. The molecule has 1 nitrogen and oxygen atoms in total. The van der Waals surface area contributed by atoms with Crippen molar-refractivity contribution in [3.63, 3.8) is 0 Å². The maximum atomic E-state index is 12.8. The summed E-state index contributed by atoms with van der Waals surface area (Å²) in [5.41, 5.74) is 0.175. The lowest BCUT2D eigenvalue weighted by Crippen LogP contribution is -2.03. The Morgan fingerprint density at radius 3 is 2.45 bits per heavy atom. The van der Waals surface area contributed by atoms with Crippen molar-refractivity contribution < 1.29 is 8.78 Å². The molecular formula is C7H8F2NP. The first-order valence-electron chi connectivity index (χ1n) is 3.07. The first-order chi connectivity index (χ1) is 5.15. The molecule has 0 radical (unpaired) electrons. The van der Waals surface area contributed by atoms with Gasteiger partial charge >= 0.3 is 0 Å². The molecule has 4 heteroatoms. The van der Waals surface area contributed by atoms with E-state index in [4.69, 9.17) is 0 Å². The molecule has 0 aliphatic rings. The van der Waals surface area contributed by atoms with Crippen LogP contribution in [0.4, 0.5) is 14.5 Å². The predicted molar refractivity (Wildman–Crippen MR) is 45.2 cm³/mol. The predicted octanol–water partition coefficient (Wildman–Crippen LogP) is 1.51. The van der Waals surface area contributed by atoms with Crippen LogP contribution in [0.3, 0.4) is 0 Å². The molecule has 0 bridgehead atoms. The van der Waals surface area contributed by atoms with Gasteiger partial charge in [0, 0.05) is 18.4 Å². The highest BCUT2D eigenvalue weighted by atomic mass is 31.0. The molecule has 0 spiro atoms. The standard InChI is InChI=1S/C7H8F2NP/c1-10-6-2-5(9)7(11)3-4(6)8/h2-3,10H,11H2,1H3. The molecule has 1 atom stereocenters. The second-order valence-corrected chi connectivity index (χ2v) is 2.73. The van der Waals surface area contributed by atoms with E-state index in [1.54, 1.807) is 7.05 Å². The van der Waals surface area contributed by atoms with Crippen molar-refractivity contribution in [2.24, 2.45) is 0 Å². The molecule has 0 aliphatic carbocycles. The summed E-state index contributed by atoms with van der Waals surface area (Å²) in [6.45, 7) is 0. The van der Waals surface area contributed by atoms with Crippen molar-refractivity contribution in [3.8, 4) is 0 Å². The summed E-state index contributed by atoms with van der Waals surface area (Å²) in [6.07, 6.45) is 0. The minimum absolute atomic E-state index is 0.175. The third-order valence-electron chi connectivity index (χ3n) is 1.36. The number of rotatable bonds is 1. The molecule has 0 aromatic heterocycles. The van der Waals surface area contributed by atoms with Crippen LogP contribution < -0.4 is 10.6 Å². The van der Waals surface area contributed by atoms with Crippen molar-refractivity contribution in [1.82, 2.24) is 0 Å². The zero-order valence-electron chi connectivity index (χ0n) is 5.99. The van der Waals surface area contributed by atoms with Crippen molar-refractivity contribution in [2.45, 2.75) is 0 Å². The van der Waals surface area contributed by atoms with E-state index >= 15 is 0 Å². The molecule has 0 aliphatic heterocycles. The van der Waals surface area contributed by atoms with Crippen LogP contribution in [-0.4, -0.2) is 7.05 Å². The molecular weight excluding hydrogens is 167 g/mol. The monoisotopic (exact) mass is 175 g/mol. The topological polar surface area (TPSA) is 12.0 Å². The summed E-state index contributed by atoms with van der Waals surface area (Å²) >= 11 is 0. The number of hydrogen-bond donors (Lipinski definition) is 1. The fraction of sp³-hybridized carbons (Fsp3) is 0.143. The van der Waals surface area contributed by atoms with Gasteiger partial charge in [-0.25, -0.2) is 8.78 Å². The SMILES string of the molecule is CNc1cc(F)c(P)cc1F. The molecule has 1 aromatic rings. The maximum absolute atomic E-state index is 12.8. The zero-order valence-corrected chi connectivity index (χ0v) is 7.14. The van der Waals surface area contributed by atoms with Gasteiger partial charge < -0.3 is 5.32 Å². The van der Waals surface area contributed by atoms with Crippen LogP contribution in [0.25, 0.3) is 0 Å². The van der Waals surface area contributed by atoms with E-state index in [0.717, 1.165) is 12.1 Å². The van der Waals surface area contributed by atoms with Crippen LogP contribution in [0.1, 0.15) is 0 Å². The lowest BCUT2D eigenvalue weighted by molar-refractivity contribution is 0.610. The van der Waals surface area contributed by atoms with E-state index in [1.165, 1.54) is 0 Å². The minimum atomic E-state index is -0.445. The molecule has 1 unspecified atom stereocenters. The van der Waals surface area contributed by atoms with Gasteiger partial charge in [-0.1, -0.05) is 0 Å². The van der Waals surface area contributed by atoms with Gasteiger partial charge in [-0.2, -0.15) is 0 Å². The smallest absolute Gasteiger partial charge is 0.147 e. The number of halogens is 2. The Morgan fingerprint density at radius 2 is 1.91 bits per heavy atom. The van der Waals surface area contributed by atoms with E-state index in [2.05, 4.69) is 14.6 Å². The highest BCUT2D eigenvalue weighted by Crippen LogP contribution is 2.14. The Labute approximate surface area is 66.0 Å². The van der Waals surface area contributed by atoms with Crippen LogP contribution in [0, 0.1) is 11.6 Å². The number of nitrogens with one attached hydrogen (secondary N) is 1. The Kier molecular flexibility index (Phi) is 2.40. The highest BCUT2D eigenvalue weighted by Gasteiger charge is 2.04. The Bertz CT molecular complexity index is 275. The van der Waals surface area contributed by atoms with Crippen molar-refractivity contribution >= 4 is 20.2 Å². The normalized spacial score (nSPS) is 9.82. The quantitative estimate of drug-likeness (QED) is 0.638.